The zero-order valence-corrected chi connectivity index (χ0v) is 18.9. The number of carbonyl (C=O) groups is 3. The van der Waals surface area contributed by atoms with E-state index in [1.54, 1.807) is 32.4 Å². The van der Waals surface area contributed by atoms with Crippen LogP contribution in [0.2, 0.25) is 0 Å². The van der Waals surface area contributed by atoms with E-state index in [9.17, 15) is 14.4 Å². The highest BCUT2D eigenvalue weighted by atomic mass is 16.7. The van der Waals surface area contributed by atoms with Gasteiger partial charge in [0.25, 0.3) is 5.91 Å². The van der Waals surface area contributed by atoms with Gasteiger partial charge in [-0.1, -0.05) is 36.1 Å². The number of ether oxygens (including phenoxy) is 3. The first-order valence-electron chi connectivity index (χ1n) is 10.0. The summed E-state index contributed by atoms with van der Waals surface area (Å²) in [7, 11) is 7.11. The Morgan fingerprint density at radius 2 is 1.91 bits per heavy atom. The fraction of sp³-hybridized carbons (Fsp3) is 0.417. The van der Waals surface area contributed by atoms with Crippen LogP contribution in [0.4, 0.5) is 0 Å². The van der Waals surface area contributed by atoms with E-state index in [1.165, 1.54) is 14.1 Å². The monoisotopic (exact) mass is 440 g/mol. The van der Waals surface area contributed by atoms with E-state index in [4.69, 9.17) is 9.47 Å². The van der Waals surface area contributed by atoms with Crippen molar-refractivity contribution < 1.29 is 28.6 Å². The third-order valence-corrected chi connectivity index (χ3v) is 5.05. The van der Waals surface area contributed by atoms with Crippen LogP contribution in [0.1, 0.15) is 6.42 Å². The summed E-state index contributed by atoms with van der Waals surface area (Å²) in [6.07, 6.45) is 11.3. The highest BCUT2D eigenvalue weighted by Gasteiger charge is 2.35. The summed E-state index contributed by atoms with van der Waals surface area (Å²) in [6.45, 7) is 0. The van der Waals surface area contributed by atoms with Gasteiger partial charge >= 0.3 is 5.97 Å². The van der Waals surface area contributed by atoms with Gasteiger partial charge in [0.1, 0.15) is 0 Å². The number of hydrogen-bond donors (Lipinski definition) is 1. The number of amides is 2. The molecule has 2 amide bonds. The fourth-order valence-electron chi connectivity index (χ4n) is 3.22. The van der Waals surface area contributed by atoms with Crippen LogP contribution in [-0.2, 0) is 28.6 Å². The quantitative estimate of drug-likeness (QED) is 0.210. The lowest BCUT2D eigenvalue weighted by Gasteiger charge is -2.26. The zero-order valence-electron chi connectivity index (χ0n) is 18.9. The minimum absolute atomic E-state index is 0.0506. The molecule has 0 aromatic carbocycles. The molecule has 2 rings (SSSR count). The minimum atomic E-state index is -1.36. The number of hydrogen-bond acceptors (Lipinski definition) is 6. The molecule has 0 heterocycles. The molecular weight excluding hydrogens is 412 g/mol. The molecule has 0 saturated heterocycles. The lowest BCUT2D eigenvalue weighted by molar-refractivity contribution is -0.156. The summed E-state index contributed by atoms with van der Waals surface area (Å²) >= 11 is 0. The Bertz CT molecular complexity index is 939. The highest BCUT2D eigenvalue weighted by molar-refractivity contribution is 6.05. The molecule has 2 aliphatic carbocycles. The van der Waals surface area contributed by atoms with E-state index in [1.807, 2.05) is 18.2 Å². The largest absolute Gasteiger partial charge is 0.467 e. The van der Waals surface area contributed by atoms with Crippen molar-refractivity contribution >= 4 is 17.8 Å². The third-order valence-electron chi connectivity index (χ3n) is 5.05. The maximum absolute atomic E-state index is 12.8. The maximum Gasteiger partial charge on any atom is 0.338 e. The van der Waals surface area contributed by atoms with Gasteiger partial charge in [-0.3, -0.25) is 9.59 Å². The van der Waals surface area contributed by atoms with Crippen LogP contribution >= 0.6 is 0 Å². The summed E-state index contributed by atoms with van der Waals surface area (Å²) < 4.78 is 15.1. The van der Waals surface area contributed by atoms with Crippen LogP contribution in [0.25, 0.3) is 0 Å². The van der Waals surface area contributed by atoms with E-state index in [0.29, 0.717) is 5.57 Å². The Balaban J connectivity index is 2.05. The van der Waals surface area contributed by atoms with Gasteiger partial charge in [-0.25, -0.2) is 4.79 Å². The van der Waals surface area contributed by atoms with Gasteiger partial charge < -0.3 is 24.4 Å². The number of allylic oxidation sites excluding steroid dienone is 3. The maximum atomic E-state index is 12.8. The Kier molecular flexibility index (Phi) is 9.23. The van der Waals surface area contributed by atoms with Crippen LogP contribution in [0, 0.1) is 23.7 Å². The lowest BCUT2D eigenvalue weighted by atomic mass is 9.96. The normalized spacial score (nSPS) is 19.9. The van der Waals surface area contributed by atoms with Gasteiger partial charge in [-0.15, -0.1) is 5.73 Å². The molecule has 1 N–H and O–H groups in total. The van der Waals surface area contributed by atoms with Crippen LogP contribution in [0.3, 0.4) is 0 Å². The molecule has 0 bridgehead atoms. The first-order valence-corrected chi connectivity index (χ1v) is 10.0. The molecule has 8 heteroatoms. The van der Waals surface area contributed by atoms with E-state index < -0.39 is 29.7 Å². The van der Waals surface area contributed by atoms with Crippen LogP contribution < -0.4 is 5.32 Å². The number of rotatable bonds is 7. The molecule has 3 atom stereocenters. The summed E-state index contributed by atoms with van der Waals surface area (Å²) in [5.41, 5.74) is 4.60. The van der Waals surface area contributed by atoms with Gasteiger partial charge in [-0.2, -0.15) is 0 Å². The fourth-order valence-corrected chi connectivity index (χ4v) is 3.22. The Hall–Kier alpha value is -3.37. The van der Waals surface area contributed by atoms with Crippen molar-refractivity contribution in [3.05, 3.63) is 53.3 Å². The van der Waals surface area contributed by atoms with Crippen molar-refractivity contribution in [2.24, 2.45) is 11.8 Å². The minimum Gasteiger partial charge on any atom is -0.467 e. The molecule has 0 aromatic heterocycles. The standard InChI is InChI=1S/C24H28N2O6/c1-25-21(27)20(23(29)30-3)26(2)22(28)18-12-8-16(9-13-18)6-7-17-10-14-19(15-11-17)24(31-4)32-5/h8,10,12-15,17-18,20,24H,11H2,1-5H3,(H,25,27)/t17?,18-,20?/m1/s1. The topological polar surface area (TPSA) is 94.2 Å². The highest BCUT2D eigenvalue weighted by Crippen LogP contribution is 2.20. The molecule has 8 nitrogen and oxygen atoms in total. The molecule has 0 aliphatic heterocycles. The summed E-state index contributed by atoms with van der Waals surface area (Å²) in [6, 6.07) is -1.36. The number of methoxy groups -OCH3 is 3. The number of nitrogens with zero attached hydrogens (tertiary/aromatic N) is 1. The smallest absolute Gasteiger partial charge is 0.338 e. The van der Waals surface area contributed by atoms with Gasteiger partial charge in [0.05, 0.1) is 18.6 Å². The first kappa shape index (κ1) is 24.9. The Morgan fingerprint density at radius 3 is 2.41 bits per heavy atom. The number of carbonyl (C=O) groups excluding carboxylic acids is 3. The Morgan fingerprint density at radius 1 is 1.19 bits per heavy atom. The SMILES string of the molecule is CNC(=O)C(C(=O)OC)N(C)C(=O)[C@H]1C=C=C(C#CC2C=CC(C(OC)OC)=CC2)C=C1. The van der Waals surface area contributed by atoms with E-state index in [0.717, 1.165) is 24.0 Å². The van der Waals surface area contributed by atoms with Crippen molar-refractivity contribution in [1.29, 1.82) is 0 Å². The average Bonchev–Trinajstić information content (AvgIpc) is 2.83. The Labute approximate surface area is 188 Å². The molecule has 2 unspecified atom stereocenters. The van der Waals surface area contributed by atoms with Crippen molar-refractivity contribution in [1.82, 2.24) is 10.2 Å². The predicted octanol–water partition coefficient (Wildman–Crippen LogP) is 1.12. The summed E-state index contributed by atoms with van der Waals surface area (Å²) in [5.74, 6) is 3.75. The van der Waals surface area contributed by atoms with E-state index >= 15 is 0 Å². The van der Waals surface area contributed by atoms with Crippen LogP contribution in [0.5, 0.6) is 0 Å². The van der Waals surface area contributed by atoms with Crippen LogP contribution in [0.15, 0.2) is 53.3 Å². The number of nitrogens with one attached hydrogen (secondary N) is 1. The van der Waals surface area contributed by atoms with Crippen molar-refractivity contribution in [3.8, 4) is 11.8 Å². The first-order chi connectivity index (χ1) is 15.4. The van der Waals surface area contributed by atoms with E-state index in [2.05, 4.69) is 27.6 Å². The molecular formula is C24H28N2O6. The lowest BCUT2D eigenvalue weighted by Crippen LogP contribution is -2.53. The molecule has 0 saturated carbocycles. The zero-order chi connectivity index (χ0) is 23.7. The molecule has 0 radical (unpaired) electrons. The van der Waals surface area contributed by atoms with Crippen molar-refractivity contribution in [2.45, 2.75) is 18.8 Å². The van der Waals surface area contributed by atoms with Gasteiger partial charge in [0, 0.05) is 39.8 Å². The second-order valence-electron chi connectivity index (χ2n) is 7.08. The van der Waals surface area contributed by atoms with Gasteiger partial charge in [0.15, 0.2) is 6.29 Å². The van der Waals surface area contributed by atoms with Crippen molar-refractivity contribution in [2.75, 3.05) is 35.4 Å². The average molecular weight is 440 g/mol. The number of esters is 1. The predicted molar refractivity (Wildman–Crippen MR) is 118 cm³/mol. The molecule has 0 aromatic rings. The number of likely N-dealkylation sites (N-methyl/N-ethyl adjacent to an activating group) is 2. The van der Waals surface area contributed by atoms with Crippen LogP contribution in [-0.4, -0.2) is 70.4 Å². The molecule has 0 spiro atoms. The third kappa shape index (κ3) is 6.08. The van der Waals surface area contributed by atoms with Crippen molar-refractivity contribution in [3.63, 3.8) is 0 Å². The van der Waals surface area contributed by atoms with E-state index in [-0.39, 0.29) is 12.2 Å². The molecule has 32 heavy (non-hydrogen) atoms. The second-order valence-corrected chi connectivity index (χ2v) is 7.08. The second kappa shape index (κ2) is 11.9. The molecule has 170 valence electrons. The molecule has 2 aliphatic rings. The van der Waals surface area contributed by atoms with Gasteiger partial charge in [-0.05, 0) is 18.6 Å². The van der Waals surface area contributed by atoms with Gasteiger partial charge in [0.2, 0.25) is 11.9 Å². The summed E-state index contributed by atoms with van der Waals surface area (Å²) in [5, 5.41) is 2.37. The summed E-state index contributed by atoms with van der Waals surface area (Å²) in [4.78, 5) is 37.8. The molecule has 0 fully saturated rings.